The Kier molecular flexibility index (Phi) is 4.42. The molecule has 1 aromatic carbocycles. The minimum absolute atomic E-state index is 0.167. The molecule has 1 aliphatic rings. The Hall–Kier alpha value is -1.84. The Bertz CT molecular complexity index is 524. The van der Waals surface area contributed by atoms with E-state index < -0.39 is 5.97 Å². The van der Waals surface area contributed by atoms with Crippen molar-refractivity contribution in [2.45, 2.75) is 39.0 Å². The zero-order valence-corrected chi connectivity index (χ0v) is 12.1. The molecule has 1 N–H and O–H groups in total. The molecule has 1 aromatic rings. The summed E-state index contributed by atoms with van der Waals surface area (Å²) in [7, 11) is 1.81. The second kappa shape index (κ2) is 6.07. The molecule has 0 fully saturated rings. The zero-order chi connectivity index (χ0) is 14.7. The fraction of sp³-hybridized carbons (Fsp3) is 0.500. The molecular formula is C16H21NO3. The fourth-order valence-electron chi connectivity index (χ4n) is 2.68. The summed E-state index contributed by atoms with van der Waals surface area (Å²) in [5.41, 5.74) is 3.45. The maximum absolute atomic E-state index is 11.6. The van der Waals surface area contributed by atoms with Crippen molar-refractivity contribution in [1.82, 2.24) is 0 Å². The molecule has 2 rings (SSSR count). The molecule has 1 aliphatic heterocycles. The number of benzene rings is 1. The van der Waals surface area contributed by atoms with Crippen molar-refractivity contribution in [3.05, 3.63) is 29.3 Å². The van der Waals surface area contributed by atoms with Crippen LogP contribution in [0.4, 0.5) is 5.69 Å². The van der Waals surface area contributed by atoms with Gasteiger partial charge in [-0.2, -0.15) is 0 Å². The van der Waals surface area contributed by atoms with Gasteiger partial charge in [0.1, 0.15) is 0 Å². The van der Waals surface area contributed by atoms with Gasteiger partial charge in [-0.25, -0.2) is 0 Å². The maximum atomic E-state index is 11.6. The van der Waals surface area contributed by atoms with E-state index in [9.17, 15) is 9.59 Å². The quantitative estimate of drug-likeness (QED) is 0.898. The van der Waals surface area contributed by atoms with Gasteiger partial charge >= 0.3 is 5.97 Å². The smallest absolute Gasteiger partial charge is 0.303 e. The van der Waals surface area contributed by atoms with Gasteiger partial charge in [-0.3, -0.25) is 9.59 Å². The van der Waals surface area contributed by atoms with E-state index in [1.165, 1.54) is 11.1 Å². The highest BCUT2D eigenvalue weighted by molar-refractivity contribution is 5.95. The van der Waals surface area contributed by atoms with Gasteiger partial charge in [-0.15, -0.1) is 0 Å². The first kappa shape index (κ1) is 14.6. The van der Waals surface area contributed by atoms with Gasteiger partial charge in [0.25, 0.3) is 0 Å². The summed E-state index contributed by atoms with van der Waals surface area (Å²) in [6.07, 6.45) is 3.36. The number of hydrogen-bond acceptors (Lipinski definition) is 2. The van der Waals surface area contributed by atoms with Gasteiger partial charge in [0.15, 0.2) is 0 Å². The maximum Gasteiger partial charge on any atom is 0.303 e. The molecule has 0 aliphatic carbocycles. The number of anilines is 1. The molecule has 1 amide bonds. The van der Waals surface area contributed by atoms with E-state index in [0.717, 1.165) is 24.9 Å². The lowest BCUT2D eigenvalue weighted by Gasteiger charge is -2.26. The lowest BCUT2D eigenvalue weighted by Crippen LogP contribution is -2.31. The molecule has 20 heavy (non-hydrogen) atoms. The number of carboxylic acid groups (broad SMARTS) is 1. The van der Waals surface area contributed by atoms with Crippen molar-refractivity contribution >= 4 is 17.6 Å². The summed E-state index contributed by atoms with van der Waals surface area (Å²) < 4.78 is 0. The van der Waals surface area contributed by atoms with Crippen LogP contribution in [0.3, 0.4) is 0 Å². The minimum atomic E-state index is -0.733. The van der Waals surface area contributed by atoms with Crippen LogP contribution in [0.2, 0.25) is 0 Å². The van der Waals surface area contributed by atoms with Gasteiger partial charge < -0.3 is 10.0 Å². The van der Waals surface area contributed by atoms with E-state index in [-0.39, 0.29) is 18.2 Å². The molecule has 1 heterocycles. The van der Waals surface area contributed by atoms with Gasteiger partial charge in [0.05, 0.1) is 0 Å². The number of nitrogens with zero attached hydrogens (tertiary/aromatic N) is 1. The molecule has 0 aromatic heterocycles. The Morgan fingerprint density at radius 1 is 1.40 bits per heavy atom. The normalized spacial score (nSPS) is 15.9. The lowest BCUT2D eigenvalue weighted by atomic mass is 9.94. The Morgan fingerprint density at radius 2 is 2.15 bits per heavy atom. The van der Waals surface area contributed by atoms with Crippen LogP contribution in [0, 0.1) is 5.92 Å². The predicted octanol–water partition coefficient (Wildman–Crippen LogP) is 2.64. The molecule has 0 bridgehead atoms. The van der Waals surface area contributed by atoms with E-state index in [0.29, 0.717) is 6.42 Å². The summed E-state index contributed by atoms with van der Waals surface area (Å²) in [6.45, 7) is 1.97. The average Bonchev–Trinajstić information content (AvgIpc) is 2.40. The van der Waals surface area contributed by atoms with Crippen LogP contribution in [-0.2, 0) is 22.4 Å². The van der Waals surface area contributed by atoms with Crippen LogP contribution in [-0.4, -0.2) is 24.0 Å². The highest BCUT2D eigenvalue weighted by Gasteiger charge is 2.20. The summed E-state index contributed by atoms with van der Waals surface area (Å²) in [6, 6.07) is 6.21. The number of hydrogen-bond donors (Lipinski definition) is 1. The molecule has 1 unspecified atom stereocenters. The summed E-state index contributed by atoms with van der Waals surface area (Å²) in [5.74, 6) is -0.379. The van der Waals surface area contributed by atoms with Crippen LogP contribution in [0.15, 0.2) is 18.2 Å². The van der Waals surface area contributed by atoms with Crippen LogP contribution in [0.25, 0.3) is 0 Å². The monoisotopic (exact) mass is 275 g/mol. The molecular weight excluding hydrogens is 254 g/mol. The van der Waals surface area contributed by atoms with Gasteiger partial charge in [0, 0.05) is 25.6 Å². The number of carboxylic acids is 1. The van der Waals surface area contributed by atoms with Crippen LogP contribution < -0.4 is 4.90 Å². The van der Waals surface area contributed by atoms with Crippen molar-refractivity contribution in [1.29, 1.82) is 0 Å². The third kappa shape index (κ3) is 3.38. The molecule has 0 spiro atoms. The first-order valence-corrected chi connectivity index (χ1v) is 7.07. The Morgan fingerprint density at radius 3 is 2.85 bits per heavy atom. The average molecular weight is 275 g/mol. The standard InChI is InChI=1S/C16H21NO3/c1-11(9-16(19)20)3-4-12-5-7-14-13(10-12)6-8-15(18)17(14)2/h5,7,10-11H,3-4,6,8-9H2,1-2H3,(H,19,20). The number of aliphatic carboxylic acids is 1. The third-order valence-electron chi connectivity index (χ3n) is 3.94. The highest BCUT2D eigenvalue weighted by Crippen LogP contribution is 2.28. The van der Waals surface area contributed by atoms with Gasteiger partial charge in [-0.05, 0) is 42.4 Å². The molecule has 4 nitrogen and oxygen atoms in total. The Balaban J connectivity index is 2.01. The molecule has 108 valence electrons. The lowest BCUT2D eigenvalue weighted by molar-refractivity contribution is -0.138. The summed E-state index contributed by atoms with van der Waals surface area (Å²) in [5, 5.41) is 8.76. The molecule has 0 radical (unpaired) electrons. The predicted molar refractivity (Wildman–Crippen MR) is 77.9 cm³/mol. The number of carbonyl (C=O) groups excluding carboxylic acids is 1. The second-order valence-electron chi connectivity index (χ2n) is 5.66. The van der Waals surface area contributed by atoms with Crippen molar-refractivity contribution in [2.24, 2.45) is 5.92 Å². The van der Waals surface area contributed by atoms with E-state index in [4.69, 9.17) is 5.11 Å². The Labute approximate surface area is 119 Å². The van der Waals surface area contributed by atoms with Crippen LogP contribution >= 0.6 is 0 Å². The van der Waals surface area contributed by atoms with Crippen molar-refractivity contribution in [3.8, 4) is 0 Å². The zero-order valence-electron chi connectivity index (χ0n) is 12.1. The summed E-state index contributed by atoms with van der Waals surface area (Å²) in [4.78, 5) is 24.0. The number of fused-ring (bicyclic) bond motifs is 1. The third-order valence-corrected chi connectivity index (χ3v) is 3.94. The molecule has 1 atom stereocenters. The van der Waals surface area contributed by atoms with E-state index >= 15 is 0 Å². The largest absolute Gasteiger partial charge is 0.481 e. The number of rotatable bonds is 5. The van der Waals surface area contributed by atoms with E-state index in [1.807, 2.05) is 26.1 Å². The second-order valence-corrected chi connectivity index (χ2v) is 5.66. The van der Waals surface area contributed by atoms with Crippen molar-refractivity contribution in [3.63, 3.8) is 0 Å². The topological polar surface area (TPSA) is 57.6 Å². The molecule has 0 saturated carbocycles. The van der Waals surface area contributed by atoms with Gasteiger partial charge in [0.2, 0.25) is 5.91 Å². The first-order chi connectivity index (χ1) is 9.47. The SMILES string of the molecule is CC(CCc1ccc2c(c1)CCC(=O)N2C)CC(=O)O. The fourth-order valence-corrected chi connectivity index (χ4v) is 2.68. The molecule has 4 heteroatoms. The minimum Gasteiger partial charge on any atom is -0.481 e. The van der Waals surface area contributed by atoms with Crippen LogP contribution in [0.5, 0.6) is 0 Å². The van der Waals surface area contributed by atoms with Crippen molar-refractivity contribution < 1.29 is 14.7 Å². The number of aryl methyl sites for hydroxylation is 2. The number of amides is 1. The highest BCUT2D eigenvalue weighted by atomic mass is 16.4. The van der Waals surface area contributed by atoms with E-state index in [1.54, 1.807) is 4.90 Å². The number of carbonyl (C=O) groups is 2. The summed E-state index contributed by atoms with van der Waals surface area (Å²) >= 11 is 0. The molecule has 0 saturated heterocycles. The van der Waals surface area contributed by atoms with E-state index in [2.05, 4.69) is 6.07 Å². The first-order valence-electron chi connectivity index (χ1n) is 7.07. The van der Waals surface area contributed by atoms with Crippen LogP contribution in [0.1, 0.15) is 37.3 Å². The van der Waals surface area contributed by atoms with Gasteiger partial charge in [-0.1, -0.05) is 19.1 Å². The van der Waals surface area contributed by atoms with Crippen molar-refractivity contribution in [2.75, 3.05) is 11.9 Å².